The van der Waals surface area contributed by atoms with Gasteiger partial charge in [0, 0.05) is 24.7 Å². The summed E-state index contributed by atoms with van der Waals surface area (Å²) in [7, 11) is 0. The third-order valence-electron chi connectivity index (χ3n) is 3.24. The summed E-state index contributed by atoms with van der Waals surface area (Å²) >= 11 is 0. The molecule has 0 atom stereocenters. The highest BCUT2D eigenvalue weighted by Crippen LogP contribution is 2.36. The van der Waals surface area contributed by atoms with Crippen LogP contribution in [0.3, 0.4) is 0 Å². The number of imidazole rings is 1. The number of rotatable bonds is 4. The number of fused-ring (bicyclic) bond motifs is 1. The van der Waals surface area contributed by atoms with E-state index < -0.39 is 35.7 Å². The summed E-state index contributed by atoms with van der Waals surface area (Å²) in [5.74, 6) is -5.54. The molecule has 2 N–H and O–H groups in total. The van der Waals surface area contributed by atoms with Gasteiger partial charge in [0.05, 0.1) is 5.56 Å². The largest absolute Gasteiger partial charge is 0.483 e. The van der Waals surface area contributed by atoms with Gasteiger partial charge in [0.2, 0.25) is 0 Å². The smallest absolute Gasteiger partial charge is 0.456 e. The van der Waals surface area contributed by atoms with Gasteiger partial charge in [0.15, 0.2) is 18.0 Å². The van der Waals surface area contributed by atoms with E-state index in [9.17, 15) is 31.5 Å². The second-order valence-corrected chi connectivity index (χ2v) is 5.07. The number of halogens is 5. The molecule has 0 saturated carbocycles. The summed E-state index contributed by atoms with van der Waals surface area (Å²) < 4.78 is 68.7. The Morgan fingerprint density at radius 1 is 1.19 bits per heavy atom. The van der Waals surface area contributed by atoms with Crippen molar-refractivity contribution in [2.75, 3.05) is 6.61 Å². The Hall–Kier alpha value is -3.25. The summed E-state index contributed by atoms with van der Waals surface area (Å²) in [6.07, 6.45) is -2.30. The predicted molar refractivity (Wildman–Crippen MR) is 76.2 cm³/mol. The zero-order valence-electron chi connectivity index (χ0n) is 12.5. The van der Waals surface area contributed by atoms with Crippen LogP contribution < -0.4 is 16.0 Å². The molecule has 8 nitrogen and oxygen atoms in total. The molecule has 26 heavy (non-hydrogen) atoms. The van der Waals surface area contributed by atoms with Crippen LogP contribution >= 0.6 is 0 Å². The normalized spacial score (nSPS) is 12.5. The lowest BCUT2D eigenvalue weighted by molar-refractivity contribution is -0.289. The quantitative estimate of drug-likeness (QED) is 0.668. The Bertz CT molecular complexity index is 1070. The maximum Gasteiger partial charge on any atom is 0.456 e. The molecule has 0 spiro atoms. The van der Waals surface area contributed by atoms with Crippen molar-refractivity contribution in [2.24, 2.45) is 0 Å². The van der Waals surface area contributed by atoms with Crippen LogP contribution in [0.2, 0.25) is 0 Å². The molecular formula is C13H8F5N5O3. The number of hydrogen-bond donors (Lipinski definition) is 2. The number of alkyl halides is 5. The van der Waals surface area contributed by atoms with Crippen LogP contribution in [-0.2, 0) is 0 Å². The zero-order chi connectivity index (χ0) is 19.1. The van der Waals surface area contributed by atoms with Crippen molar-refractivity contribution in [1.29, 1.82) is 0 Å². The van der Waals surface area contributed by atoms with Crippen LogP contribution in [0, 0.1) is 0 Å². The van der Waals surface area contributed by atoms with Crippen molar-refractivity contribution in [1.82, 2.24) is 24.6 Å². The molecule has 0 amide bonds. The lowest BCUT2D eigenvalue weighted by atomic mass is 10.2. The minimum atomic E-state index is -5.79. The summed E-state index contributed by atoms with van der Waals surface area (Å²) in [4.78, 5) is 30.8. The SMILES string of the molecule is O=c1[nH]cc(-c2cc(OCC(F)(F)C(F)(F)F)c3nccn3n2)c(=O)[nH]1. The fourth-order valence-corrected chi connectivity index (χ4v) is 1.98. The summed E-state index contributed by atoms with van der Waals surface area (Å²) in [6.45, 7) is -1.98. The Morgan fingerprint density at radius 3 is 2.58 bits per heavy atom. The average Bonchev–Trinajstić information content (AvgIpc) is 3.00. The standard InChI is InChI=1S/C13H8F5N5O3/c14-12(15,13(16,17)18)5-26-8-3-7(22-23-2-1-19-9(8)23)6-4-20-11(25)21-10(6)24/h1-4H,5H2,(H2,20,21,24,25). The van der Waals surface area contributed by atoms with Crippen molar-refractivity contribution in [2.45, 2.75) is 12.1 Å². The predicted octanol–water partition coefficient (Wildman–Crippen LogP) is 1.35. The molecule has 3 heterocycles. The molecule has 138 valence electrons. The number of aromatic nitrogens is 5. The maximum absolute atomic E-state index is 13.1. The first kappa shape index (κ1) is 17.6. The minimum Gasteiger partial charge on any atom is -0.483 e. The summed E-state index contributed by atoms with van der Waals surface area (Å²) in [5.41, 5.74) is -2.06. The highest BCUT2D eigenvalue weighted by molar-refractivity contribution is 5.64. The van der Waals surface area contributed by atoms with Crippen molar-refractivity contribution in [3.8, 4) is 17.0 Å². The van der Waals surface area contributed by atoms with Gasteiger partial charge in [-0.15, -0.1) is 0 Å². The van der Waals surface area contributed by atoms with E-state index in [0.717, 1.165) is 16.8 Å². The monoisotopic (exact) mass is 377 g/mol. The van der Waals surface area contributed by atoms with Crippen LogP contribution in [-0.4, -0.2) is 43.3 Å². The first-order valence-corrected chi connectivity index (χ1v) is 6.82. The van der Waals surface area contributed by atoms with Crippen molar-refractivity contribution in [3.63, 3.8) is 0 Å². The number of ether oxygens (including phenoxy) is 1. The average molecular weight is 377 g/mol. The molecule has 0 fully saturated rings. The number of hydrogen-bond acceptors (Lipinski definition) is 5. The number of nitrogens with one attached hydrogen (secondary N) is 2. The van der Waals surface area contributed by atoms with E-state index in [2.05, 4.69) is 19.8 Å². The number of nitrogens with zero attached hydrogens (tertiary/aromatic N) is 3. The van der Waals surface area contributed by atoms with Gasteiger partial charge >= 0.3 is 17.8 Å². The lowest BCUT2D eigenvalue weighted by Gasteiger charge is -2.20. The molecule has 0 aliphatic rings. The number of H-pyrrole nitrogens is 2. The van der Waals surface area contributed by atoms with E-state index in [-0.39, 0.29) is 16.9 Å². The molecule has 0 radical (unpaired) electrons. The van der Waals surface area contributed by atoms with Crippen LogP contribution in [0.4, 0.5) is 22.0 Å². The lowest BCUT2D eigenvalue weighted by Crippen LogP contribution is -2.41. The first-order valence-electron chi connectivity index (χ1n) is 6.82. The molecule has 0 saturated heterocycles. The molecule has 0 bridgehead atoms. The third-order valence-corrected chi connectivity index (χ3v) is 3.24. The Morgan fingerprint density at radius 2 is 1.92 bits per heavy atom. The van der Waals surface area contributed by atoms with Gasteiger partial charge in [-0.05, 0) is 0 Å². The fourth-order valence-electron chi connectivity index (χ4n) is 1.98. The first-order chi connectivity index (χ1) is 12.1. The van der Waals surface area contributed by atoms with Crippen LogP contribution in [0.5, 0.6) is 5.75 Å². The third kappa shape index (κ3) is 3.14. The maximum atomic E-state index is 13.1. The molecular weight excluding hydrogens is 369 g/mol. The van der Waals surface area contributed by atoms with Gasteiger partial charge in [-0.2, -0.15) is 27.1 Å². The summed E-state index contributed by atoms with van der Waals surface area (Å²) in [6, 6.07) is 0.970. The molecule has 0 aliphatic heterocycles. The molecule has 0 unspecified atom stereocenters. The van der Waals surface area contributed by atoms with E-state index in [4.69, 9.17) is 0 Å². The van der Waals surface area contributed by atoms with Crippen LogP contribution in [0.25, 0.3) is 16.9 Å². The van der Waals surface area contributed by atoms with Gasteiger partial charge in [-0.25, -0.2) is 14.3 Å². The Kier molecular flexibility index (Phi) is 4.00. The number of aromatic amines is 2. The van der Waals surface area contributed by atoms with E-state index in [1.165, 1.54) is 12.4 Å². The van der Waals surface area contributed by atoms with Gasteiger partial charge in [-0.1, -0.05) is 0 Å². The Balaban J connectivity index is 2.04. The van der Waals surface area contributed by atoms with Crippen molar-refractivity contribution < 1.29 is 26.7 Å². The van der Waals surface area contributed by atoms with Gasteiger partial charge < -0.3 is 9.72 Å². The highest BCUT2D eigenvalue weighted by atomic mass is 19.4. The molecule has 0 aromatic carbocycles. The van der Waals surface area contributed by atoms with Crippen LogP contribution in [0.1, 0.15) is 0 Å². The molecule has 0 aliphatic carbocycles. The van der Waals surface area contributed by atoms with Gasteiger partial charge in [-0.3, -0.25) is 9.78 Å². The minimum absolute atomic E-state index is 0.132. The van der Waals surface area contributed by atoms with Gasteiger partial charge in [0.25, 0.3) is 5.56 Å². The van der Waals surface area contributed by atoms with Gasteiger partial charge in [0.1, 0.15) is 5.69 Å². The molecule has 13 heteroatoms. The van der Waals surface area contributed by atoms with Crippen LogP contribution in [0.15, 0.2) is 34.2 Å². The van der Waals surface area contributed by atoms with E-state index in [1.807, 2.05) is 4.98 Å². The second kappa shape index (κ2) is 5.93. The Labute approximate surface area is 139 Å². The second-order valence-electron chi connectivity index (χ2n) is 5.07. The molecule has 3 aromatic heterocycles. The van der Waals surface area contributed by atoms with Crippen molar-refractivity contribution >= 4 is 5.65 Å². The van der Waals surface area contributed by atoms with E-state index in [1.54, 1.807) is 0 Å². The van der Waals surface area contributed by atoms with Crippen molar-refractivity contribution in [3.05, 3.63) is 45.5 Å². The van der Waals surface area contributed by atoms with E-state index >= 15 is 0 Å². The topological polar surface area (TPSA) is 105 Å². The fraction of sp³-hybridized carbons (Fsp3) is 0.231. The zero-order valence-corrected chi connectivity index (χ0v) is 12.5. The molecule has 3 rings (SSSR count). The molecule has 3 aromatic rings. The van der Waals surface area contributed by atoms with E-state index in [0.29, 0.717) is 0 Å². The summed E-state index contributed by atoms with van der Waals surface area (Å²) in [5, 5.41) is 3.97. The highest BCUT2D eigenvalue weighted by Gasteiger charge is 2.58.